The van der Waals surface area contributed by atoms with Crippen molar-refractivity contribution in [1.29, 1.82) is 0 Å². The lowest BCUT2D eigenvalue weighted by Crippen LogP contribution is -2.36. The molecule has 21 heavy (non-hydrogen) atoms. The fourth-order valence-electron chi connectivity index (χ4n) is 1.92. The normalized spacial score (nSPS) is 10.9. The number of halogens is 4. The zero-order valence-corrected chi connectivity index (χ0v) is 13.2. The van der Waals surface area contributed by atoms with Crippen LogP contribution in [0, 0.1) is 11.6 Å². The summed E-state index contributed by atoms with van der Waals surface area (Å²) in [4.78, 5) is 26.5. The molecule has 1 aromatic carbocycles. The van der Waals surface area contributed by atoms with Gasteiger partial charge in [0, 0.05) is 6.07 Å². The van der Waals surface area contributed by atoms with Crippen LogP contribution in [0.2, 0.25) is 5.15 Å². The Labute approximate surface area is 131 Å². The summed E-state index contributed by atoms with van der Waals surface area (Å²) < 4.78 is 27.7. The summed E-state index contributed by atoms with van der Waals surface area (Å²) in [6.45, 7) is 1.83. The Hall–Kier alpha value is -1.47. The lowest BCUT2D eigenvalue weighted by Gasteiger charge is -2.10. The van der Waals surface area contributed by atoms with Crippen molar-refractivity contribution in [2.75, 3.05) is 0 Å². The fourth-order valence-corrected chi connectivity index (χ4v) is 2.50. The molecule has 0 aliphatic carbocycles. The SMILES string of the molecule is CCCc1c(Cl)[nH]c(=O)n(-c2cc(Br)c(F)cc2F)c1=O. The quantitative estimate of drug-likeness (QED) is 0.658. The largest absolute Gasteiger partial charge is 0.334 e. The second kappa shape index (κ2) is 6.11. The van der Waals surface area contributed by atoms with Crippen LogP contribution in [0.4, 0.5) is 8.78 Å². The van der Waals surface area contributed by atoms with Crippen molar-refractivity contribution in [3.05, 3.63) is 59.8 Å². The number of rotatable bonds is 3. The zero-order valence-electron chi connectivity index (χ0n) is 10.8. The second-order valence-electron chi connectivity index (χ2n) is 4.33. The van der Waals surface area contributed by atoms with Gasteiger partial charge in [-0.05, 0) is 28.4 Å². The molecule has 0 atom stereocenters. The molecule has 0 saturated carbocycles. The van der Waals surface area contributed by atoms with Gasteiger partial charge < -0.3 is 0 Å². The van der Waals surface area contributed by atoms with E-state index in [1.807, 2.05) is 6.92 Å². The maximum absolute atomic E-state index is 13.9. The number of aromatic amines is 1. The molecular weight excluding hydrogens is 370 g/mol. The van der Waals surface area contributed by atoms with Crippen molar-refractivity contribution in [3.8, 4) is 5.69 Å². The van der Waals surface area contributed by atoms with E-state index in [2.05, 4.69) is 20.9 Å². The Morgan fingerprint density at radius 3 is 2.57 bits per heavy atom. The van der Waals surface area contributed by atoms with E-state index in [-0.39, 0.29) is 20.9 Å². The number of H-pyrrole nitrogens is 1. The van der Waals surface area contributed by atoms with Crippen LogP contribution in [0.5, 0.6) is 0 Å². The van der Waals surface area contributed by atoms with Gasteiger partial charge in [-0.2, -0.15) is 0 Å². The van der Waals surface area contributed by atoms with Gasteiger partial charge in [0.05, 0.1) is 15.7 Å². The number of hydrogen-bond acceptors (Lipinski definition) is 2. The molecule has 0 unspecified atom stereocenters. The summed E-state index contributed by atoms with van der Waals surface area (Å²) in [6, 6.07) is 1.63. The lowest BCUT2D eigenvalue weighted by atomic mass is 10.2. The number of nitrogens with zero attached hydrogens (tertiary/aromatic N) is 1. The van der Waals surface area contributed by atoms with Crippen LogP contribution < -0.4 is 11.2 Å². The van der Waals surface area contributed by atoms with E-state index in [1.54, 1.807) is 0 Å². The average molecular weight is 380 g/mol. The molecule has 0 aliphatic rings. The molecule has 0 saturated heterocycles. The van der Waals surface area contributed by atoms with Gasteiger partial charge in [0.25, 0.3) is 5.56 Å². The van der Waals surface area contributed by atoms with Crippen LogP contribution in [-0.2, 0) is 6.42 Å². The van der Waals surface area contributed by atoms with Crippen molar-refractivity contribution < 1.29 is 8.78 Å². The highest BCUT2D eigenvalue weighted by Crippen LogP contribution is 2.21. The summed E-state index contributed by atoms with van der Waals surface area (Å²) in [5.74, 6) is -1.85. The van der Waals surface area contributed by atoms with Crippen molar-refractivity contribution >= 4 is 27.5 Å². The van der Waals surface area contributed by atoms with E-state index in [9.17, 15) is 18.4 Å². The molecule has 2 rings (SSSR count). The van der Waals surface area contributed by atoms with Gasteiger partial charge in [-0.1, -0.05) is 24.9 Å². The van der Waals surface area contributed by atoms with Gasteiger partial charge in [0.1, 0.15) is 16.8 Å². The third-order valence-corrected chi connectivity index (χ3v) is 3.81. The Bertz CT molecular complexity index is 817. The fraction of sp³-hybridized carbons (Fsp3) is 0.231. The lowest BCUT2D eigenvalue weighted by molar-refractivity contribution is 0.570. The highest BCUT2D eigenvalue weighted by atomic mass is 79.9. The standard InChI is InChI=1S/C13H10BrClF2N2O2/c1-2-3-6-11(15)18-13(21)19(12(6)20)10-4-7(14)8(16)5-9(10)17/h4-5H,2-3H2,1H3,(H,18,21). The van der Waals surface area contributed by atoms with Gasteiger partial charge in [-0.25, -0.2) is 18.1 Å². The minimum absolute atomic E-state index is 0.0582. The molecule has 0 bridgehead atoms. The molecular formula is C13H10BrClF2N2O2. The third-order valence-electron chi connectivity index (χ3n) is 2.88. The van der Waals surface area contributed by atoms with Crippen molar-refractivity contribution in [1.82, 2.24) is 9.55 Å². The predicted molar refractivity (Wildman–Crippen MR) is 79.3 cm³/mol. The second-order valence-corrected chi connectivity index (χ2v) is 5.56. The summed E-state index contributed by atoms with van der Waals surface area (Å²) in [6.07, 6.45) is 0.953. The zero-order chi connectivity index (χ0) is 15.7. The van der Waals surface area contributed by atoms with Crippen LogP contribution in [-0.4, -0.2) is 9.55 Å². The van der Waals surface area contributed by atoms with Gasteiger partial charge in [0.2, 0.25) is 0 Å². The molecule has 4 nitrogen and oxygen atoms in total. The molecule has 112 valence electrons. The molecule has 8 heteroatoms. The van der Waals surface area contributed by atoms with E-state index >= 15 is 0 Å². The van der Waals surface area contributed by atoms with Crippen LogP contribution in [0.1, 0.15) is 18.9 Å². The molecule has 1 aromatic heterocycles. The number of nitrogens with one attached hydrogen (secondary N) is 1. The molecule has 1 N–H and O–H groups in total. The Morgan fingerprint density at radius 2 is 1.95 bits per heavy atom. The van der Waals surface area contributed by atoms with E-state index in [1.165, 1.54) is 0 Å². The molecule has 0 fully saturated rings. The smallest absolute Gasteiger partial charge is 0.297 e. The van der Waals surface area contributed by atoms with Crippen LogP contribution >= 0.6 is 27.5 Å². The van der Waals surface area contributed by atoms with Gasteiger partial charge in [0.15, 0.2) is 0 Å². The Balaban J connectivity index is 2.82. The monoisotopic (exact) mass is 378 g/mol. The van der Waals surface area contributed by atoms with Crippen LogP contribution in [0.3, 0.4) is 0 Å². The minimum atomic E-state index is -1.02. The molecule has 2 aromatic rings. The maximum atomic E-state index is 13.9. The predicted octanol–water partition coefficient (Wildman–Crippen LogP) is 3.17. The summed E-state index contributed by atoms with van der Waals surface area (Å²) in [5.41, 5.74) is -1.77. The average Bonchev–Trinajstić information content (AvgIpc) is 2.40. The highest BCUT2D eigenvalue weighted by molar-refractivity contribution is 9.10. The third kappa shape index (κ3) is 2.94. The van der Waals surface area contributed by atoms with E-state index in [0.717, 1.165) is 6.07 Å². The van der Waals surface area contributed by atoms with Crippen molar-refractivity contribution in [2.24, 2.45) is 0 Å². The first kappa shape index (κ1) is 15.9. The summed E-state index contributed by atoms with van der Waals surface area (Å²) in [5, 5.41) is -0.0651. The first-order valence-electron chi connectivity index (χ1n) is 6.05. The molecule has 1 heterocycles. The molecule has 0 aliphatic heterocycles. The Kier molecular flexibility index (Phi) is 4.63. The molecule has 0 spiro atoms. The van der Waals surface area contributed by atoms with Gasteiger partial charge in [-0.15, -0.1) is 0 Å². The van der Waals surface area contributed by atoms with Crippen LogP contribution in [0.25, 0.3) is 5.69 Å². The molecule has 0 radical (unpaired) electrons. The highest BCUT2D eigenvalue weighted by Gasteiger charge is 2.17. The topological polar surface area (TPSA) is 54.9 Å². The van der Waals surface area contributed by atoms with Crippen molar-refractivity contribution in [2.45, 2.75) is 19.8 Å². The summed E-state index contributed by atoms with van der Waals surface area (Å²) in [7, 11) is 0. The molecule has 0 amide bonds. The van der Waals surface area contributed by atoms with Gasteiger partial charge in [-0.3, -0.25) is 9.78 Å². The first-order valence-corrected chi connectivity index (χ1v) is 7.22. The van der Waals surface area contributed by atoms with E-state index in [0.29, 0.717) is 23.5 Å². The van der Waals surface area contributed by atoms with E-state index < -0.39 is 22.9 Å². The van der Waals surface area contributed by atoms with Gasteiger partial charge >= 0.3 is 5.69 Å². The minimum Gasteiger partial charge on any atom is -0.297 e. The first-order chi connectivity index (χ1) is 9.86. The number of hydrogen-bond donors (Lipinski definition) is 1. The maximum Gasteiger partial charge on any atom is 0.334 e. The number of benzene rings is 1. The van der Waals surface area contributed by atoms with E-state index in [4.69, 9.17) is 11.6 Å². The Morgan fingerprint density at radius 1 is 1.29 bits per heavy atom. The van der Waals surface area contributed by atoms with Crippen LogP contribution in [0.15, 0.2) is 26.2 Å². The van der Waals surface area contributed by atoms with Crippen molar-refractivity contribution in [3.63, 3.8) is 0 Å². The number of aromatic nitrogens is 2. The summed E-state index contributed by atoms with van der Waals surface area (Å²) >= 11 is 8.73.